The van der Waals surface area contributed by atoms with Gasteiger partial charge in [0.15, 0.2) is 0 Å². The molecule has 0 bridgehead atoms. The monoisotopic (exact) mass is 369 g/mol. The fourth-order valence-electron chi connectivity index (χ4n) is 2.75. The van der Waals surface area contributed by atoms with E-state index in [0.29, 0.717) is 19.1 Å². The van der Waals surface area contributed by atoms with Gasteiger partial charge in [0.05, 0.1) is 5.41 Å². The van der Waals surface area contributed by atoms with Crippen LogP contribution in [0.4, 0.5) is 0 Å². The number of rotatable bonds is 6. The Morgan fingerprint density at radius 2 is 2.14 bits per heavy atom. The Bertz CT molecular complexity index is 495. The molecule has 0 radical (unpaired) electrons. The summed E-state index contributed by atoms with van der Waals surface area (Å²) in [7, 11) is 0. The maximum atomic E-state index is 12.5. The normalized spacial score (nSPS) is 19.9. The Morgan fingerprint density at radius 1 is 1.45 bits per heavy atom. The molecule has 1 heterocycles. The molecule has 1 aliphatic heterocycles. The zero-order chi connectivity index (χ0) is 16.2. The lowest BCUT2D eigenvalue weighted by Gasteiger charge is -2.27. The minimum Gasteiger partial charge on any atom is -0.396 e. The highest BCUT2D eigenvalue weighted by Crippen LogP contribution is 2.26. The van der Waals surface area contributed by atoms with Gasteiger partial charge in [-0.3, -0.25) is 4.79 Å². The van der Waals surface area contributed by atoms with E-state index < -0.39 is 5.41 Å². The molecule has 1 fully saturated rings. The van der Waals surface area contributed by atoms with Crippen molar-refractivity contribution in [2.45, 2.75) is 25.7 Å². The highest BCUT2D eigenvalue weighted by molar-refractivity contribution is 9.10. The molecular weight excluding hydrogens is 346 g/mol. The van der Waals surface area contributed by atoms with E-state index in [2.05, 4.69) is 21.2 Å². The maximum Gasteiger partial charge on any atom is 0.230 e. The highest BCUT2D eigenvalue weighted by atomic mass is 79.9. The van der Waals surface area contributed by atoms with Crippen LogP contribution in [-0.2, 0) is 14.9 Å². The van der Waals surface area contributed by atoms with Gasteiger partial charge < -0.3 is 15.2 Å². The molecule has 2 N–H and O–H groups in total. The first-order valence-electron chi connectivity index (χ1n) is 7.68. The van der Waals surface area contributed by atoms with Gasteiger partial charge in [-0.1, -0.05) is 28.1 Å². The topological polar surface area (TPSA) is 58.6 Å². The van der Waals surface area contributed by atoms with Crippen molar-refractivity contribution in [1.29, 1.82) is 0 Å². The van der Waals surface area contributed by atoms with E-state index in [1.54, 1.807) is 0 Å². The summed E-state index contributed by atoms with van der Waals surface area (Å²) in [5, 5.41) is 12.5. The summed E-state index contributed by atoms with van der Waals surface area (Å²) in [5.41, 5.74) is 0.366. The van der Waals surface area contributed by atoms with Crippen LogP contribution >= 0.6 is 15.9 Å². The van der Waals surface area contributed by atoms with E-state index >= 15 is 0 Å². The number of carbonyl (C=O) groups excluding carboxylic acids is 1. The third-order valence-electron chi connectivity index (χ3n) is 4.52. The van der Waals surface area contributed by atoms with Gasteiger partial charge in [-0.15, -0.1) is 0 Å². The summed E-state index contributed by atoms with van der Waals surface area (Å²) in [4.78, 5) is 12.5. The summed E-state index contributed by atoms with van der Waals surface area (Å²) < 4.78 is 6.36. The average Bonchev–Trinajstić information content (AvgIpc) is 3.02. The molecule has 4 nitrogen and oxygen atoms in total. The first-order valence-corrected chi connectivity index (χ1v) is 8.47. The number of carbonyl (C=O) groups is 1. The maximum absolute atomic E-state index is 12.5. The number of nitrogens with one attached hydrogen (secondary N) is 1. The Kier molecular flexibility index (Phi) is 6.01. The lowest BCUT2D eigenvalue weighted by Crippen LogP contribution is -2.43. The average molecular weight is 370 g/mol. The molecule has 1 aliphatic rings. The van der Waals surface area contributed by atoms with Crippen LogP contribution in [0.2, 0.25) is 0 Å². The van der Waals surface area contributed by atoms with Crippen molar-refractivity contribution in [3.05, 3.63) is 34.3 Å². The Balaban J connectivity index is 1.96. The smallest absolute Gasteiger partial charge is 0.230 e. The minimum absolute atomic E-state index is 0.0211. The molecule has 0 unspecified atom stereocenters. The second-order valence-electron chi connectivity index (χ2n) is 6.41. The van der Waals surface area contributed by atoms with Gasteiger partial charge >= 0.3 is 0 Å². The summed E-state index contributed by atoms with van der Waals surface area (Å²) in [5.74, 6) is 0.375. The van der Waals surface area contributed by atoms with Crippen LogP contribution in [0.15, 0.2) is 28.7 Å². The van der Waals surface area contributed by atoms with Crippen molar-refractivity contribution < 1.29 is 14.6 Å². The largest absolute Gasteiger partial charge is 0.396 e. The molecule has 2 atom stereocenters. The van der Waals surface area contributed by atoms with E-state index in [4.69, 9.17) is 4.74 Å². The van der Waals surface area contributed by atoms with Gasteiger partial charge in [-0.25, -0.2) is 0 Å². The van der Waals surface area contributed by atoms with Gasteiger partial charge in [-0.05, 0) is 43.9 Å². The lowest BCUT2D eigenvalue weighted by atomic mass is 9.83. The molecule has 0 spiro atoms. The first-order chi connectivity index (χ1) is 10.4. The van der Waals surface area contributed by atoms with Crippen LogP contribution in [0.5, 0.6) is 0 Å². The van der Waals surface area contributed by atoms with Crippen molar-refractivity contribution in [2.75, 3.05) is 26.4 Å². The molecule has 1 saturated heterocycles. The fraction of sp³-hybridized carbons (Fsp3) is 0.588. The van der Waals surface area contributed by atoms with Crippen LogP contribution in [0, 0.1) is 11.8 Å². The zero-order valence-electron chi connectivity index (χ0n) is 13.1. The molecular formula is C17H24BrNO3. The quantitative estimate of drug-likeness (QED) is 0.809. The number of halogens is 1. The van der Waals surface area contributed by atoms with Gasteiger partial charge in [0, 0.05) is 36.8 Å². The predicted octanol–water partition coefficient (Wildman–Crippen LogP) is 2.49. The van der Waals surface area contributed by atoms with Gasteiger partial charge in [0.25, 0.3) is 0 Å². The zero-order valence-corrected chi connectivity index (χ0v) is 14.7. The molecule has 1 aromatic carbocycles. The van der Waals surface area contributed by atoms with Crippen LogP contribution in [-0.4, -0.2) is 37.4 Å². The number of ether oxygens (including phenoxy) is 1. The van der Waals surface area contributed by atoms with Gasteiger partial charge in [0.1, 0.15) is 0 Å². The number of hydrogen-bond acceptors (Lipinski definition) is 3. The molecule has 0 aliphatic carbocycles. The van der Waals surface area contributed by atoms with E-state index in [1.165, 1.54) is 0 Å². The van der Waals surface area contributed by atoms with E-state index in [9.17, 15) is 9.90 Å². The highest BCUT2D eigenvalue weighted by Gasteiger charge is 2.31. The molecule has 0 aromatic heterocycles. The molecule has 1 amide bonds. The fourth-order valence-corrected chi connectivity index (χ4v) is 3.01. The number of amides is 1. The second kappa shape index (κ2) is 7.57. The number of aliphatic hydroxyl groups excluding tert-OH is 1. The predicted molar refractivity (Wildman–Crippen MR) is 89.7 cm³/mol. The summed E-state index contributed by atoms with van der Waals surface area (Å²) >= 11 is 3.41. The molecule has 1 aromatic rings. The van der Waals surface area contributed by atoms with Crippen molar-refractivity contribution in [3.8, 4) is 0 Å². The van der Waals surface area contributed by atoms with Crippen molar-refractivity contribution in [3.63, 3.8) is 0 Å². The summed E-state index contributed by atoms with van der Waals surface area (Å²) in [6.45, 7) is 5.82. The molecule has 2 rings (SSSR count). The Morgan fingerprint density at radius 3 is 2.68 bits per heavy atom. The molecule has 122 valence electrons. The standard InChI is InChI=1S/C17H24BrNO3/c1-17(2,14-3-5-15(18)6-4-14)16(21)19-9-13(10-20)12-7-8-22-11-12/h3-6,12-13,20H,7-11H2,1-2H3,(H,19,21)/t12-,13+/m0/s1. The number of aliphatic hydroxyl groups is 1. The van der Waals surface area contributed by atoms with Gasteiger partial charge in [0.2, 0.25) is 5.91 Å². The van der Waals surface area contributed by atoms with E-state index in [1.807, 2.05) is 38.1 Å². The Hall–Kier alpha value is -0.910. The van der Waals surface area contributed by atoms with Crippen molar-refractivity contribution in [2.24, 2.45) is 11.8 Å². The van der Waals surface area contributed by atoms with Crippen molar-refractivity contribution in [1.82, 2.24) is 5.32 Å². The third kappa shape index (κ3) is 4.09. The number of benzene rings is 1. The van der Waals surface area contributed by atoms with Crippen LogP contribution in [0.3, 0.4) is 0 Å². The Labute approximate surface area is 140 Å². The molecule has 22 heavy (non-hydrogen) atoms. The van der Waals surface area contributed by atoms with Gasteiger partial charge in [-0.2, -0.15) is 0 Å². The SMILES string of the molecule is CC(C)(C(=O)NC[C@H](CO)[C@H]1CCOC1)c1ccc(Br)cc1. The van der Waals surface area contributed by atoms with Crippen LogP contribution in [0.25, 0.3) is 0 Å². The lowest BCUT2D eigenvalue weighted by molar-refractivity contribution is -0.126. The summed E-state index contributed by atoms with van der Waals surface area (Å²) in [6.07, 6.45) is 0.956. The minimum atomic E-state index is -0.604. The van der Waals surface area contributed by atoms with E-state index in [0.717, 1.165) is 23.1 Å². The van der Waals surface area contributed by atoms with Crippen LogP contribution < -0.4 is 5.32 Å². The van der Waals surface area contributed by atoms with E-state index in [-0.39, 0.29) is 18.4 Å². The molecule has 5 heteroatoms. The van der Waals surface area contributed by atoms with Crippen molar-refractivity contribution >= 4 is 21.8 Å². The third-order valence-corrected chi connectivity index (χ3v) is 5.05. The summed E-state index contributed by atoms with van der Waals surface area (Å²) in [6, 6.07) is 7.80. The van der Waals surface area contributed by atoms with Crippen LogP contribution in [0.1, 0.15) is 25.8 Å². The first kappa shape index (κ1) is 17.4. The molecule has 0 saturated carbocycles. The second-order valence-corrected chi connectivity index (χ2v) is 7.32. The number of hydrogen-bond donors (Lipinski definition) is 2.